The average Bonchev–Trinajstić information content (AvgIpc) is 2.80. The lowest BCUT2D eigenvalue weighted by molar-refractivity contribution is 0.102. The molecule has 2 N–H and O–H groups in total. The Morgan fingerprint density at radius 1 is 1.37 bits per heavy atom. The number of H-pyrrole nitrogens is 1. The summed E-state index contributed by atoms with van der Waals surface area (Å²) in [5.74, 6) is -0.508. The maximum Gasteiger partial charge on any atom is 0.277 e. The van der Waals surface area contributed by atoms with Gasteiger partial charge in [-0.2, -0.15) is 15.4 Å². The Morgan fingerprint density at radius 2 is 2.11 bits per heavy atom. The van der Waals surface area contributed by atoms with E-state index in [0.29, 0.717) is 5.69 Å². The zero-order valence-electron chi connectivity index (χ0n) is 9.09. The fourth-order valence-electron chi connectivity index (χ4n) is 1.28. The number of carbonyl (C=O) groups excluding carboxylic acids is 1. The van der Waals surface area contributed by atoms with Crippen molar-refractivity contribution in [3.05, 3.63) is 35.1 Å². The van der Waals surface area contributed by atoms with Crippen molar-refractivity contribution < 1.29 is 13.2 Å². The third kappa shape index (κ3) is 3.22. The van der Waals surface area contributed by atoms with Crippen LogP contribution in [0.5, 0.6) is 0 Å². The van der Waals surface area contributed by atoms with Gasteiger partial charge in [0.2, 0.25) is 0 Å². The van der Waals surface area contributed by atoms with Crippen LogP contribution in [0.4, 0.5) is 5.69 Å². The van der Waals surface area contributed by atoms with Crippen LogP contribution in [-0.2, 0) is 9.05 Å². The van der Waals surface area contributed by atoms with Crippen molar-refractivity contribution in [2.45, 2.75) is 4.90 Å². The topological polar surface area (TPSA) is 105 Å². The summed E-state index contributed by atoms with van der Waals surface area (Å²) in [7, 11) is 1.26. The van der Waals surface area contributed by atoms with Crippen LogP contribution in [0.2, 0.25) is 5.02 Å². The third-order valence-corrected chi connectivity index (χ3v) is 3.90. The number of nitrogens with zero attached hydrogens (tertiary/aromatic N) is 2. The number of carbonyl (C=O) groups is 1. The molecule has 1 aromatic carbocycles. The fraction of sp³-hybridized carbons (Fsp3) is 0. The summed E-state index contributed by atoms with van der Waals surface area (Å²) in [5, 5.41) is 11.8. The first kappa shape index (κ1) is 13.8. The Bertz CT molecular complexity index is 715. The first-order valence-electron chi connectivity index (χ1n) is 4.79. The maximum absolute atomic E-state index is 11.6. The Hall–Kier alpha value is -1.64. The van der Waals surface area contributed by atoms with Crippen molar-refractivity contribution in [1.82, 2.24) is 15.4 Å². The van der Waals surface area contributed by atoms with Gasteiger partial charge in [0.05, 0.1) is 11.2 Å². The number of halogens is 2. The van der Waals surface area contributed by atoms with Gasteiger partial charge in [-0.3, -0.25) is 4.79 Å². The van der Waals surface area contributed by atoms with Gasteiger partial charge in [0.1, 0.15) is 4.90 Å². The van der Waals surface area contributed by atoms with Gasteiger partial charge in [0.15, 0.2) is 5.69 Å². The zero-order valence-corrected chi connectivity index (χ0v) is 11.4. The molecule has 7 nitrogen and oxygen atoms in total. The molecule has 0 bridgehead atoms. The largest absolute Gasteiger partial charge is 0.320 e. The van der Waals surface area contributed by atoms with Crippen molar-refractivity contribution in [2.24, 2.45) is 0 Å². The quantitative estimate of drug-likeness (QED) is 0.836. The molecule has 0 saturated heterocycles. The van der Waals surface area contributed by atoms with Crippen LogP contribution in [0.3, 0.4) is 0 Å². The van der Waals surface area contributed by atoms with E-state index in [-0.39, 0.29) is 15.6 Å². The molecule has 0 atom stereocenters. The molecule has 1 heterocycles. The molecule has 0 aliphatic carbocycles. The SMILES string of the molecule is O=C(Nc1ccc(S(=O)(=O)Cl)c(Cl)c1)c1cn[nH]n1. The smallest absolute Gasteiger partial charge is 0.277 e. The number of anilines is 1. The minimum absolute atomic E-state index is 0.0881. The van der Waals surface area contributed by atoms with Gasteiger partial charge in [-0.1, -0.05) is 11.6 Å². The van der Waals surface area contributed by atoms with E-state index in [4.69, 9.17) is 22.3 Å². The second-order valence-corrected chi connectivity index (χ2v) is 6.33. The van der Waals surface area contributed by atoms with E-state index >= 15 is 0 Å². The Kier molecular flexibility index (Phi) is 3.74. The summed E-state index contributed by atoms with van der Waals surface area (Å²) in [5.41, 5.74) is 0.396. The Labute approximate surface area is 117 Å². The molecule has 1 aromatic heterocycles. The van der Waals surface area contributed by atoms with Crippen LogP contribution < -0.4 is 5.32 Å². The third-order valence-electron chi connectivity index (χ3n) is 2.10. The first-order chi connectivity index (χ1) is 8.88. The molecular weight excluding hydrogens is 315 g/mol. The molecule has 2 aromatic rings. The monoisotopic (exact) mass is 320 g/mol. The van der Waals surface area contributed by atoms with Crippen LogP contribution in [-0.4, -0.2) is 29.7 Å². The van der Waals surface area contributed by atoms with E-state index in [0.717, 1.165) is 0 Å². The molecule has 0 spiro atoms. The summed E-state index contributed by atoms with van der Waals surface area (Å²) >= 11 is 5.77. The summed E-state index contributed by atoms with van der Waals surface area (Å²) < 4.78 is 22.3. The molecule has 0 aliphatic heterocycles. The second kappa shape index (κ2) is 5.16. The number of aromatic amines is 1. The van der Waals surface area contributed by atoms with Crippen LogP contribution in [0.1, 0.15) is 10.5 Å². The number of hydrogen-bond donors (Lipinski definition) is 2. The van der Waals surface area contributed by atoms with E-state index in [2.05, 4.69) is 20.7 Å². The highest BCUT2D eigenvalue weighted by Crippen LogP contribution is 2.27. The van der Waals surface area contributed by atoms with Crippen molar-refractivity contribution in [3.8, 4) is 0 Å². The predicted octanol–water partition coefficient (Wildman–Crippen LogP) is 1.64. The minimum atomic E-state index is -3.92. The predicted molar refractivity (Wildman–Crippen MR) is 68.8 cm³/mol. The molecule has 0 aliphatic rings. The molecule has 0 radical (unpaired) electrons. The first-order valence-corrected chi connectivity index (χ1v) is 7.48. The molecule has 10 heteroatoms. The minimum Gasteiger partial charge on any atom is -0.320 e. The van der Waals surface area contributed by atoms with E-state index < -0.39 is 15.0 Å². The molecule has 19 heavy (non-hydrogen) atoms. The summed E-state index contributed by atoms with van der Waals surface area (Å²) in [6.07, 6.45) is 1.24. The fourth-order valence-corrected chi connectivity index (χ4v) is 2.81. The van der Waals surface area contributed by atoms with Gasteiger partial charge < -0.3 is 5.32 Å². The summed E-state index contributed by atoms with van der Waals surface area (Å²) in [4.78, 5) is 11.4. The standard InChI is InChI=1S/C9H6Cl2N4O3S/c10-6-3-5(1-2-8(6)19(11,17)18)13-9(16)7-4-12-15-14-7/h1-4H,(H,13,16)(H,12,14,15). The van der Waals surface area contributed by atoms with E-state index in [1.807, 2.05) is 0 Å². The summed E-state index contributed by atoms with van der Waals surface area (Å²) in [6.45, 7) is 0. The van der Waals surface area contributed by atoms with E-state index in [9.17, 15) is 13.2 Å². The van der Waals surface area contributed by atoms with Crippen LogP contribution in [0, 0.1) is 0 Å². The molecule has 1 amide bonds. The highest BCUT2D eigenvalue weighted by atomic mass is 35.7. The van der Waals surface area contributed by atoms with Gasteiger partial charge in [0, 0.05) is 16.4 Å². The van der Waals surface area contributed by atoms with Crippen molar-refractivity contribution >= 4 is 42.9 Å². The Balaban J connectivity index is 2.24. The lowest BCUT2D eigenvalue weighted by atomic mass is 10.3. The maximum atomic E-state index is 11.6. The zero-order chi connectivity index (χ0) is 14.0. The van der Waals surface area contributed by atoms with Gasteiger partial charge in [0.25, 0.3) is 15.0 Å². The van der Waals surface area contributed by atoms with Crippen molar-refractivity contribution in [3.63, 3.8) is 0 Å². The second-order valence-electron chi connectivity index (χ2n) is 3.39. The van der Waals surface area contributed by atoms with Crippen LogP contribution in [0.15, 0.2) is 29.3 Å². The normalized spacial score (nSPS) is 11.3. The van der Waals surface area contributed by atoms with Crippen LogP contribution in [0.25, 0.3) is 0 Å². The lowest BCUT2D eigenvalue weighted by Gasteiger charge is -2.05. The molecular formula is C9H6Cl2N4O3S. The number of benzene rings is 1. The van der Waals surface area contributed by atoms with E-state index in [1.165, 1.54) is 24.4 Å². The average molecular weight is 321 g/mol. The number of nitrogens with one attached hydrogen (secondary N) is 2. The van der Waals surface area contributed by atoms with Gasteiger partial charge in [-0.25, -0.2) is 8.42 Å². The van der Waals surface area contributed by atoms with Crippen molar-refractivity contribution in [1.29, 1.82) is 0 Å². The number of amides is 1. The van der Waals surface area contributed by atoms with Crippen LogP contribution >= 0.6 is 22.3 Å². The van der Waals surface area contributed by atoms with Gasteiger partial charge in [-0.15, -0.1) is 0 Å². The molecule has 0 saturated carbocycles. The molecule has 0 fully saturated rings. The molecule has 2 rings (SSSR count). The summed E-state index contributed by atoms with van der Waals surface area (Å²) in [6, 6.07) is 3.83. The van der Waals surface area contributed by atoms with Gasteiger partial charge in [-0.05, 0) is 18.2 Å². The Morgan fingerprint density at radius 3 is 2.63 bits per heavy atom. The molecule has 0 unspecified atom stereocenters. The number of hydrogen-bond acceptors (Lipinski definition) is 5. The van der Waals surface area contributed by atoms with Gasteiger partial charge >= 0.3 is 0 Å². The lowest BCUT2D eigenvalue weighted by Crippen LogP contribution is -2.12. The number of rotatable bonds is 3. The number of aromatic nitrogens is 3. The highest BCUT2D eigenvalue weighted by molar-refractivity contribution is 8.13. The van der Waals surface area contributed by atoms with E-state index in [1.54, 1.807) is 0 Å². The van der Waals surface area contributed by atoms with Crippen molar-refractivity contribution in [2.75, 3.05) is 5.32 Å². The molecule has 100 valence electrons. The highest BCUT2D eigenvalue weighted by Gasteiger charge is 2.16.